The van der Waals surface area contributed by atoms with Crippen molar-refractivity contribution in [2.75, 3.05) is 26.1 Å². The summed E-state index contributed by atoms with van der Waals surface area (Å²) in [6.07, 6.45) is 1.09. The van der Waals surface area contributed by atoms with Crippen LogP contribution in [0, 0.1) is 5.92 Å². The lowest BCUT2D eigenvalue weighted by Crippen LogP contribution is -2.35. The molecule has 0 spiro atoms. The standard InChI is InChI=1S/C15H24ClNO2/c1-12(2)10-13(11-16)17-8-9-19-15-6-4-14(18-3)5-7-15/h4-7,12-13,17H,8-11H2,1-3H3. The maximum Gasteiger partial charge on any atom is 0.119 e. The van der Waals surface area contributed by atoms with Crippen molar-refractivity contribution in [1.82, 2.24) is 5.32 Å². The van der Waals surface area contributed by atoms with Crippen LogP contribution in [0.2, 0.25) is 0 Å². The minimum Gasteiger partial charge on any atom is -0.497 e. The van der Waals surface area contributed by atoms with Crippen molar-refractivity contribution in [1.29, 1.82) is 0 Å². The lowest BCUT2D eigenvalue weighted by Gasteiger charge is -2.18. The largest absolute Gasteiger partial charge is 0.497 e. The Balaban J connectivity index is 2.22. The average molecular weight is 286 g/mol. The van der Waals surface area contributed by atoms with Gasteiger partial charge in [-0.1, -0.05) is 13.8 Å². The number of hydrogen-bond acceptors (Lipinski definition) is 3. The number of halogens is 1. The molecule has 1 rings (SSSR count). The van der Waals surface area contributed by atoms with Crippen molar-refractivity contribution < 1.29 is 9.47 Å². The summed E-state index contributed by atoms with van der Waals surface area (Å²) in [5, 5.41) is 3.41. The fourth-order valence-corrected chi connectivity index (χ4v) is 2.11. The van der Waals surface area contributed by atoms with E-state index in [2.05, 4.69) is 19.2 Å². The van der Waals surface area contributed by atoms with E-state index in [1.165, 1.54) is 0 Å². The second-order valence-electron chi connectivity index (χ2n) is 4.96. The zero-order valence-electron chi connectivity index (χ0n) is 12.0. The van der Waals surface area contributed by atoms with E-state index in [1.54, 1.807) is 7.11 Å². The summed E-state index contributed by atoms with van der Waals surface area (Å²) in [4.78, 5) is 0. The summed E-state index contributed by atoms with van der Waals surface area (Å²) in [7, 11) is 1.65. The molecule has 4 heteroatoms. The normalized spacial score (nSPS) is 12.5. The van der Waals surface area contributed by atoms with E-state index in [4.69, 9.17) is 21.1 Å². The quantitative estimate of drug-likeness (QED) is 0.558. The van der Waals surface area contributed by atoms with Gasteiger partial charge in [-0.05, 0) is 36.6 Å². The molecular formula is C15H24ClNO2. The van der Waals surface area contributed by atoms with Gasteiger partial charge in [0, 0.05) is 18.5 Å². The van der Waals surface area contributed by atoms with Gasteiger partial charge in [0.25, 0.3) is 0 Å². The zero-order chi connectivity index (χ0) is 14.1. The van der Waals surface area contributed by atoms with Crippen LogP contribution in [0.25, 0.3) is 0 Å². The first-order chi connectivity index (χ1) is 9.15. The molecule has 0 fully saturated rings. The highest BCUT2D eigenvalue weighted by Gasteiger charge is 2.08. The van der Waals surface area contributed by atoms with Crippen LogP contribution in [0.4, 0.5) is 0 Å². The van der Waals surface area contributed by atoms with Crippen LogP contribution in [-0.2, 0) is 0 Å². The molecule has 0 saturated heterocycles. The van der Waals surface area contributed by atoms with Crippen molar-refractivity contribution in [2.45, 2.75) is 26.3 Å². The average Bonchev–Trinajstić information content (AvgIpc) is 2.42. The molecule has 0 aliphatic carbocycles. The molecule has 1 aromatic carbocycles. The van der Waals surface area contributed by atoms with E-state index in [9.17, 15) is 0 Å². The monoisotopic (exact) mass is 285 g/mol. The molecule has 0 bridgehead atoms. The number of nitrogens with one attached hydrogen (secondary N) is 1. The smallest absolute Gasteiger partial charge is 0.119 e. The molecule has 0 amide bonds. The maximum absolute atomic E-state index is 5.92. The second-order valence-corrected chi connectivity index (χ2v) is 5.27. The van der Waals surface area contributed by atoms with E-state index in [0.717, 1.165) is 24.5 Å². The molecule has 3 nitrogen and oxygen atoms in total. The summed E-state index contributed by atoms with van der Waals surface area (Å²) >= 11 is 5.92. The summed E-state index contributed by atoms with van der Waals surface area (Å²) in [6, 6.07) is 7.96. The van der Waals surface area contributed by atoms with Crippen molar-refractivity contribution in [3.8, 4) is 11.5 Å². The van der Waals surface area contributed by atoms with Crippen molar-refractivity contribution >= 4 is 11.6 Å². The number of methoxy groups -OCH3 is 1. The van der Waals surface area contributed by atoms with Gasteiger partial charge < -0.3 is 14.8 Å². The molecule has 1 atom stereocenters. The van der Waals surface area contributed by atoms with Crippen LogP contribution < -0.4 is 14.8 Å². The Kier molecular flexibility index (Phi) is 7.68. The molecule has 1 unspecified atom stereocenters. The minimum absolute atomic E-state index is 0.362. The fourth-order valence-electron chi connectivity index (χ4n) is 1.87. The van der Waals surface area contributed by atoms with E-state index in [1.807, 2.05) is 24.3 Å². The number of rotatable bonds is 9. The highest BCUT2D eigenvalue weighted by molar-refractivity contribution is 6.18. The van der Waals surface area contributed by atoms with Crippen LogP contribution in [0.1, 0.15) is 20.3 Å². The van der Waals surface area contributed by atoms with Gasteiger partial charge in [0.1, 0.15) is 18.1 Å². The number of benzene rings is 1. The predicted octanol–water partition coefficient (Wildman–Crippen LogP) is 3.32. The van der Waals surface area contributed by atoms with Crippen LogP contribution in [0.15, 0.2) is 24.3 Å². The minimum atomic E-state index is 0.362. The molecular weight excluding hydrogens is 262 g/mol. The van der Waals surface area contributed by atoms with Crippen LogP contribution in [0.3, 0.4) is 0 Å². The Morgan fingerprint density at radius 1 is 1.16 bits per heavy atom. The first-order valence-corrected chi connectivity index (χ1v) is 7.25. The van der Waals surface area contributed by atoms with Crippen LogP contribution in [0.5, 0.6) is 11.5 Å². The third-order valence-corrected chi connectivity index (χ3v) is 3.18. The van der Waals surface area contributed by atoms with Gasteiger partial charge in [0.2, 0.25) is 0 Å². The Labute approximate surface area is 121 Å². The summed E-state index contributed by atoms with van der Waals surface area (Å²) in [6.45, 7) is 5.85. The Morgan fingerprint density at radius 3 is 2.32 bits per heavy atom. The predicted molar refractivity (Wildman–Crippen MR) is 80.5 cm³/mol. The lowest BCUT2D eigenvalue weighted by atomic mass is 10.1. The van der Waals surface area contributed by atoms with Gasteiger partial charge in [-0.25, -0.2) is 0 Å². The van der Waals surface area contributed by atoms with Gasteiger partial charge in [-0.2, -0.15) is 0 Å². The van der Waals surface area contributed by atoms with E-state index < -0.39 is 0 Å². The van der Waals surface area contributed by atoms with E-state index in [-0.39, 0.29) is 0 Å². The first-order valence-electron chi connectivity index (χ1n) is 6.72. The molecule has 0 aromatic heterocycles. The van der Waals surface area contributed by atoms with Gasteiger partial charge in [0.05, 0.1) is 7.11 Å². The van der Waals surface area contributed by atoms with Crippen molar-refractivity contribution in [2.24, 2.45) is 5.92 Å². The topological polar surface area (TPSA) is 30.5 Å². The molecule has 0 saturated carbocycles. The summed E-state index contributed by atoms with van der Waals surface area (Å²) < 4.78 is 10.7. The molecule has 108 valence electrons. The molecule has 0 aliphatic heterocycles. The number of alkyl halides is 1. The van der Waals surface area contributed by atoms with Gasteiger partial charge in [-0.15, -0.1) is 11.6 Å². The fraction of sp³-hybridized carbons (Fsp3) is 0.600. The summed E-state index contributed by atoms with van der Waals surface area (Å²) in [5.41, 5.74) is 0. The van der Waals surface area contributed by atoms with E-state index >= 15 is 0 Å². The Bertz CT molecular complexity index is 341. The highest BCUT2D eigenvalue weighted by atomic mass is 35.5. The number of ether oxygens (including phenoxy) is 2. The first kappa shape index (κ1) is 16.1. The third kappa shape index (κ3) is 6.69. The van der Waals surface area contributed by atoms with Gasteiger partial charge in [0.15, 0.2) is 0 Å². The van der Waals surface area contributed by atoms with Gasteiger partial charge in [-0.3, -0.25) is 0 Å². The van der Waals surface area contributed by atoms with E-state index in [0.29, 0.717) is 24.4 Å². The Morgan fingerprint density at radius 2 is 1.79 bits per heavy atom. The SMILES string of the molecule is COc1ccc(OCCNC(CCl)CC(C)C)cc1. The van der Waals surface area contributed by atoms with Gasteiger partial charge >= 0.3 is 0 Å². The van der Waals surface area contributed by atoms with Crippen LogP contribution >= 0.6 is 11.6 Å². The molecule has 0 heterocycles. The molecule has 1 N–H and O–H groups in total. The molecule has 0 radical (unpaired) electrons. The summed E-state index contributed by atoms with van der Waals surface area (Å²) in [5.74, 6) is 2.98. The lowest BCUT2D eigenvalue weighted by molar-refractivity contribution is 0.301. The second kappa shape index (κ2) is 9.05. The number of hydrogen-bond donors (Lipinski definition) is 1. The Hall–Kier alpha value is -0.930. The third-order valence-electron chi connectivity index (χ3n) is 2.81. The molecule has 1 aromatic rings. The highest BCUT2D eigenvalue weighted by Crippen LogP contribution is 2.16. The molecule has 0 aliphatic rings. The van der Waals surface area contributed by atoms with Crippen molar-refractivity contribution in [3.05, 3.63) is 24.3 Å². The maximum atomic E-state index is 5.92. The zero-order valence-corrected chi connectivity index (χ0v) is 12.7. The molecule has 19 heavy (non-hydrogen) atoms. The van der Waals surface area contributed by atoms with Crippen molar-refractivity contribution in [3.63, 3.8) is 0 Å². The van der Waals surface area contributed by atoms with Crippen LogP contribution in [-0.4, -0.2) is 32.2 Å².